The van der Waals surface area contributed by atoms with Gasteiger partial charge in [0.15, 0.2) is 5.69 Å². The molecule has 88 valence electrons. The van der Waals surface area contributed by atoms with Crippen LogP contribution in [0.25, 0.3) is 11.1 Å². The Kier molecular flexibility index (Phi) is 2.83. The lowest BCUT2D eigenvalue weighted by molar-refractivity contribution is -0.140. The zero-order chi connectivity index (χ0) is 12.5. The predicted octanol–water partition coefficient (Wildman–Crippen LogP) is 3.47. The van der Waals surface area contributed by atoms with E-state index in [0.29, 0.717) is 5.56 Å². The summed E-state index contributed by atoms with van der Waals surface area (Å²) in [7, 11) is 0. The first-order valence-corrected chi connectivity index (χ1v) is 4.93. The molecule has 0 bridgehead atoms. The summed E-state index contributed by atoms with van der Waals surface area (Å²) in [6, 6.07) is 6.81. The first-order valence-electron chi connectivity index (χ1n) is 4.93. The number of halogens is 3. The van der Waals surface area contributed by atoms with Crippen molar-refractivity contribution in [1.82, 2.24) is 9.97 Å². The third kappa shape index (κ3) is 2.43. The monoisotopic (exact) mass is 238 g/mol. The molecule has 0 aliphatic rings. The van der Waals surface area contributed by atoms with Gasteiger partial charge in [-0.3, -0.25) is 0 Å². The van der Waals surface area contributed by atoms with Crippen LogP contribution in [0.2, 0.25) is 0 Å². The van der Waals surface area contributed by atoms with E-state index in [0.717, 1.165) is 11.9 Å². The van der Waals surface area contributed by atoms with Crippen molar-refractivity contribution in [3.8, 4) is 11.1 Å². The van der Waals surface area contributed by atoms with Gasteiger partial charge in [0.05, 0.1) is 0 Å². The highest BCUT2D eigenvalue weighted by atomic mass is 19.4. The minimum absolute atomic E-state index is 0.00343. The number of hydrogen-bond acceptors (Lipinski definition) is 2. The largest absolute Gasteiger partial charge is 0.434 e. The molecule has 0 aliphatic carbocycles. The van der Waals surface area contributed by atoms with Crippen LogP contribution in [0.15, 0.2) is 36.8 Å². The average Bonchev–Trinajstić information content (AvgIpc) is 2.28. The van der Waals surface area contributed by atoms with Gasteiger partial charge < -0.3 is 0 Å². The van der Waals surface area contributed by atoms with Crippen molar-refractivity contribution < 1.29 is 13.2 Å². The molecule has 0 amide bonds. The molecule has 0 radical (unpaired) electrons. The first-order chi connectivity index (χ1) is 7.98. The molecule has 0 fully saturated rings. The van der Waals surface area contributed by atoms with Gasteiger partial charge >= 0.3 is 6.18 Å². The van der Waals surface area contributed by atoms with E-state index < -0.39 is 11.9 Å². The number of aromatic nitrogens is 2. The summed E-state index contributed by atoms with van der Waals surface area (Å²) in [4.78, 5) is 6.97. The second-order valence-corrected chi connectivity index (χ2v) is 3.65. The number of hydrogen-bond donors (Lipinski definition) is 0. The summed E-state index contributed by atoms with van der Waals surface area (Å²) in [6.45, 7) is 1.82. The molecule has 1 heterocycles. The number of benzene rings is 1. The first kappa shape index (κ1) is 11.6. The summed E-state index contributed by atoms with van der Waals surface area (Å²) in [5.74, 6) is 0. The van der Waals surface area contributed by atoms with Gasteiger partial charge in [-0.15, -0.1) is 0 Å². The standard InChI is InChI=1S/C12H9F3N2/c1-8-3-2-4-9(5-8)10-6-16-7-17-11(10)12(13,14)15/h2-7H,1H3. The highest BCUT2D eigenvalue weighted by molar-refractivity contribution is 5.66. The SMILES string of the molecule is Cc1cccc(-c2cncnc2C(F)(F)F)c1. The van der Waals surface area contributed by atoms with Crippen LogP contribution < -0.4 is 0 Å². The van der Waals surface area contributed by atoms with E-state index in [-0.39, 0.29) is 5.56 Å². The van der Waals surface area contributed by atoms with E-state index in [2.05, 4.69) is 9.97 Å². The Morgan fingerprint density at radius 2 is 1.94 bits per heavy atom. The van der Waals surface area contributed by atoms with E-state index in [1.54, 1.807) is 18.2 Å². The maximum absolute atomic E-state index is 12.7. The molecule has 17 heavy (non-hydrogen) atoms. The third-order valence-corrected chi connectivity index (χ3v) is 2.31. The molecule has 0 N–H and O–H groups in total. The Labute approximate surface area is 96.2 Å². The number of alkyl halides is 3. The van der Waals surface area contributed by atoms with E-state index in [9.17, 15) is 13.2 Å². The van der Waals surface area contributed by atoms with Crippen molar-refractivity contribution in [2.75, 3.05) is 0 Å². The minimum Gasteiger partial charge on any atom is -0.244 e. The molecule has 0 atom stereocenters. The molecular formula is C12H9F3N2. The fourth-order valence-electron chi connectivity index (χ4n) is 1.58. The smallest absolute Gasteiger partial charge is 0.244 e. The van der Waals surface area contributed by atoms with Gasteiger partial charge in [-0.1, -0.05) is 29.8 Å². The van der Waals surface area contributed by atoms with Crippen LogP contribution in [-0.4, -0.2) is 9.97 Å². The van der Waals surface area contributed by atoms with Crippen molar-refractivity contribution in [2.45, 2.75) is 13.1 Å². The topological polar surface area (TPSA) is 25.8 Å². The lowest BCUT2D eigenvalue weighted by Gasteiger charge is -2.11. The van der Waals surface area contributed by atoms with Gasteiger partial charge in [0, 0.05) is 11.8 Å². The Balaban J connectivity index is 2.60. The summed E-state index contributed by atoms with van der Waals surface area (Å²) < 4.78 is 38.2. The fourth-order valence-corrected chi connectivity index (χ4v) is 1.58. The summed E-state index contributed by atoms with van der Waals surface area (Å²) >= 11 is 0. The van der Waals surface area contributed by atoms with Crippen LogP contribution in [-0.2, 0) is 6.18 Å². The van der Waals surface area contributed by atoms with E-state index in [1.807, 2.05) is 13.0 Å². The van der Waals surface area contributed by atoms with Crippen LogP contribution in [0.3, 0.4) is 0 Å². The molecule has 2 aromatic rings. The average molecular weight is 238 g/mol. The van der Waals surface area contributed by atoms with Crippen LogP contribution in [0, 0.1) is 6.92 Å². The Morgan fingerprint density at radius 3 is 2.59 bits per heavy atom. The summed E-state index contributed by atoms with van der Waals surface area (Å²) in [5, 5.41) is 0. The zero-order valence-corrected chi connectivity index (χ0v) is 8.99. The van der Waals surface area contributed by atoms with E-state index in [4.69, 9.17) is 0 Å². The highest BCUT2D eigenvalue weighted by Crippen LogP contribution is 2.34. The summed E-state index contributed by atoms with van der Waals surface area (Å²) in [5.41, 5.74) is 0.458. The van der Waals surface area contributed by atoms with E-state index in [1.165, 1.54) is 6.20 Å². The van der Waals surface area contributed by atoms with Crippen LogP contribution >= 0.6 is 0 Å². The zero-order valence-electron chi connectivity index (χ0n) is 8.99. The lowest BCUT2D eigenvalue weighted by Crippen LogP contribution is -2.10. The van der Waals surface area contributed by atoms with Gasteiger partial charge in [-0.05, 0) is 12.5 Å². The van der Waals surface area contributed by atoms with Crippen molar-refractivity contribution in [3.05, 3.63) is 48.0 Å². The fraction of sp³-hybridized carbons (Fsp3) is 0.167. The van der Waals surface area contributed by atoms with Gasteiger partial charge in [0.2, 0.25) is 0 Å². The van der Waals surface area contributed by atoms with Gasteiger partial charge in [-0.25, -0.2) is 9.97 Å². The molecule has 0 spiro atoms. The van der Waals surface area contributed by atoms with Crippen molar-refractivity contribution >= 4 is 0 Å². The van der Waals surface area contributed by atoms with Crippen molar-refractivity contribution in [3.63, 3.8) is 0 Å². The molecule has 0 aliphatic heterocycles. The second-order valence-electron chi connectivity index (χ2n) is 3.65. The maximum atomic E-state index is 12.7. The molecule has 0 saturated carbocycles. The van der Waals surface area contributed by atoms with Crippen molar-refractivity contribution in [1.29, 1.82) is 0 Å². The van der Waals surface area contributed by atoms with Crippen LogP contribution in [0.5, 0.6) is 0 Å². The van der Waals surface area contributed by atoms with Gasteiger partial charge in [-0.2, -0.15) is 13.2 Å². The molecule has 5 heteroatoms. The number of nitrogens with zero attached hydrogens (tertiary/aromatic N) is 2. The molecular weight excluding hydrogens is 229 g/mol. The quantitative estimate of drug-likeness (QED) is 0.760. The maximum Gasteiger partial charge on any atom is 0.434 e. The van der Waals surface area contributed by atoms with Crippen molar-refractivity contribution in [2.24, 2.45) is 0 Å². The second kappa shape index (κ2) is 4.16. The highest BCUT2D eigenvalue weighted by Gasteiger charge is 2.35. The molecule has 0 unspecified atom stereocenters. The molecule has 2 nitrogen and oxygen atoms in total. The van der Waals surface area contributed by atoms with E-state index >= 15 is 0 Å². The number of aryl methyl sites for hydroxylation is 1. The van der Waals surface area contributed by atoms with Crippen LogP contribution in [0.4, 0.5) is 13.2 Å². The Bertz CT molecular complexity index is 535. The minimum atomic E-state index is -4.47. The predicted molar refractivity (Wildman–Crippen MR) is 57.2 cm³/mol. The van der Waals surface area contributed by atoms with Gasteiger partial charge in [0.1, 0.15) is 6.33 Å². The normalized spacial score (nSPS) is 11.5. The molecule has 1 aromatic heterocycles. The van der Waals surface area contributed by atoms with Gasteiger partial charge in [0.25, 0.3) is 0 Å². The summed E-state index contributed by atoms with van der Waals surface area (Å²) in [6.07, 6.45) is -2.38. The molecule has 0 saturated heterocycles. The Hall–Kier alpha value is -1.91. The third-order valence-electron chi connectivity index (χ3n) is 2.31. The van der Waals surface area contributed by atoms with Crippen LogP contribution in [0.1, 0.15) is 11.3 Å². The molecule has 2 rings (SSSR count). The Morgan fingerprint density at radius 1 is 1.18 bits per heavy atom. The lowest BCUT2D eigenvalue weighted by atomic mass is 10.0. The number of rotatable bonds is 1. The molecule has 1 aromatic carbocycles.